The van der Waals surface area contributed by atoms with Gasteiger partial charge in [0.05, 0.1) is 31.4 Å². The molecule has 0 aliphatic rings. The standard InChI is InChI=1S/C12H14N2O3/c1-3-16-12(15)10-7-13-8-14(10)9(2)11-5-4-6-17-11/h4-9H,3H2,1-2H3. The van der Waals surface area contributed by atoms with Gasteiger partial charge in [-0.25, -0.2) is 9.78 Å². The lowest BCUT2D eigenvalue weighted by Crippen LogP contribution is -2.15. The third kappa shape index (κ3) is 2.22. The van der Waals surface area contributed by atoms with Gasteiger partial charge in [0.15, 0.2) is 0 Å². The zero-order valence-corrected chi connectivity index (χ0v) is 9.79. The van der Waals surface area contributed by atoms with E-state index in [1.807, 2.05) is 19.1 Å². The van der Waals surface area contributed by atoms with E-state index in [4.69, 9.17) is 9.15 Å². The Labute approximate surface area is 99.0 Å². The number of ether oxygens (including phenoxy) is 1. The number of hydrogen-bond donors (Lipinski definition) is 0. The maximum atomic E-state index is 11.7. The van der Waals surface area contributed by atoms with Crippen molar-refractivity contribution in [3.8, 4) is 0 Å². The Kier molecular flexibility index (Phi) is 3.27. The summed E-state index contributed by atoms with van der Waals surface area (Å²) in [5, 5.41) is 0. The van der Waals surface area contributed by atoms with Gasteiger partial charge in [-0.3, -0.25) is 0 Å². The minimum absolute atomic E-state index is 0.0908. The highest BCUT2D eigenvalue weighted by Crippen LogP contribution is 2.20. The van der Waals surface area contributed by atoms with Crippen LogP contribution in [0.4, 0.5) is 0 Å². The molecule has 0 spiro atoms. The summed E-state index contributed by atoms with van der Waals surface area (Å²) in [5.74, 6) is 0.400. The first-order chi connectivity index (χ1) is 8.24. The smallest absolute Gasteiger partial charge is 0.356 e. The van der Waals surface area contributed by atoms with Crippen molar-refractivity contribution in [2.24, 2.45) is 0 Å². The molecule has 5 nitrogen and oxygen atoms in total. The molecule has 17 heavy (non-hydrogen) atoms. The van der Waals surface area contributed by atoms with Crippen molar-refractivity contribution in [1.29, 1.82) is 0 Å². The molecule has 0 N–H and O–H groups in total. The van der Waals surface area contributed by atoms with Crippen LogP contribution in [0.25, 0.3) is 0 Å². The average Bonchev–Trinajstić information content (AvgIpc) is 3.00. The fourth-order valence-corrected chi connectivity index (χ4v) is 1.64. The molecule has 90 valence electrons. The average molecular weight is 234 g/mol. The zero-order valence-electron chi connectivity index (χ0n) is 9.79. The highest BCUT2D eigenvalue weighted by Gasteiger charge is 2.19. The van der Waals surface area contributed by atoms with E-state index in [0.29, 0.717) is 12.3 Å². The van der Waals surface area contributed by atoms with Crippen molar-refractivity contribution < 1.29 is 13.9 Å². The SMILES string of the molecule is CCOC(=O)c1cncn1C(C)c1ccco1. The van der Waals surface area contributed by atoms with Crippen molar-refractivity contribution in [2.45, 2.75) is 19.9 Å². The Hall–Kier alpha value is -2.04. The van der Waals surface area contributed by atoms with Crippen LogP contribution in [0.3, 0.4) is 0 Å². The van der Waals surface area contributed by atoms with Crippen LogP contribution in [0.5, 0.6) is 0 Å². The van der Waals surface area contributed by atoms with Crippen molar-refractivity contribution >= 4 is 5.97 Å². The predicted octanol–water partition coefficient (Wildman–Crippen LogP) is 2.26. The number of esters is 1. The molecule has 0 aliphatic carbocycles. The Morgan fingerprint density at radius 3 is 3.12 bits per heavy atom. The quantitative estimate of drug-likeness (QED) is 0.761. The van der Waals surface area contributed by atoms with Crippen LogP contribution in [0.1, 0.15) is 36.1 Å². The molecule has 2 rings (SSSR count). The van der Waals surface area contributed by atoms with Gasteiger partial charge >= 0.3 is 5.97 Å². The highest BCUT2D eigenvalue weighted by atomic mass is 16.5. The monoisotopic (exact) mass is 234 g/mol. The molecule has 1 unspecified atom stereocenters. The number of nitrogens with zero attached hydrogens (tertiary/aromatic N) is 2. The van der Waals surface area contributed by atoms with Gasteiger partial charge in [0.25, 0.3) is 0 Å². The fraction of sp³-hybridized carbons (Fsp3) is 0.333. The van der Waals surface area contributed by atoms with Crippen molar-refractivity contribution in [1.82, 2.24) is 9.55 Å². The summed E-state index contributed by atoms with van der Waals surface area (Å²) in [6.45, 7) is 4.05. The number of carbonyl (C=O) groups excluding carboxylic acids is 1. The van der Waals surface area contributed by atoms with E-state index >= 15 is 0 Å². The van der Waals surface area contributed by atoms with Crippen LogP contribution in [0.2, 0.25) is 0 Å². The van der Waals surface area contributed by atoms with Crippen molar-refractivity contribution in [2.75, 3.05) is 6.61 Å². The molecule has 0 amide bonds. The van der Waals surface area contributed by atoms with Gasteiger partial charge in [-0.15, -0.1) is 0 Å². The normalized spacial score (nSPS) is 12.4. The van der Waals surface area contributed by atoms with Gasteiger partial charge in [0.1, 0.15) is 11.5 Å². The first kappa shape index (κ1) is 11.4. The molecule has 0 saturated heterocycles. The third-order valence-corrected chi connectivity index (χ3v) is 2.52. The predicted molar refractivity (Wildman–Crippen MR) is 60.7 cm³/mol. The number of furan rings is 1. The van der Waals surface area contributed by atoms with E-state index in [9.17, 15) is 4.79 Å². The molecule has 2 aromatic rings. The van der Waals surface area contributed by atoms with Gasteiger partial charge < -0.3 is 13.7 Å². The molecule has 1 atom stereocenters. The summed E-state index contributed by atoms with van der Waals surface area (Å²) >= 11 is 0. The van der Waals surface area contributed by atoms with Gasteiger partial charge in [0, 0.05) is 0 Å². The Morgan fingerprint density at radius 1 is 1.65 bits per heavy atom. The summed E-state index contributed by atoms with van der Waals surface area (Å²) in [4.78, 5) is 15.7. The molecule has 0 aliphatic heterocycles. The van der Waals surface area contributed by atoms with Crippen LogP contribution in [0, 0.1) is 0 Å². The van der Waals surface area contributed by atoms with E-state index in [1.165, 1.54) is 6.20 Å². The van der Waals surface area contributed by atoms with Crippen LogP contribution >= 0.6 is 0 Å². The lowest BCUT2D eigenvalue weighted by Gasteiger charge is -2.13. The van der Waals surface area contributed by atoms with E-state index in [1.54, 1.807) is 24.1 Å². The van der Waals surface area contributed by atoms with E-state index < -0.39 is 0 Å². The summed E-state index contributed by atoms with van der Waals surface area (Å²) < 4.78 is 12.0. The van der Waals surface area contributed by atoms with Gasteiger partial charge in [-0.2, -0.15) is 0 Å². The summed E-state index contributed by atoms with van der Waals surface area (Å²) in [6, 6.07) is 3.58. The van der Waals surface area contributed by atoms with Gasteiger partial charge in [-0.05, 0) is 26.0 Å². The topological polar surface area (TPSA) is 57.3 Å². The molecule has 0 aromatic carbocycles. The first-order valence-electron chi connectivity index (χ1n) is 5.46. The second kappa shape index (κ2) is 4.86. The maximum Gasteiger partial charge on any atom is 0.356 e. The highest BCUT2D eigenvalue weighted by molar-refractivity contribution is 5.87. The molecular weight excluding hydrogens is 220 g/mol. The maximum absolute atomic E-state index is 11.7. The second-order valence-corrected chi connectivity index (χ2v) is 3.60. The van der Waals surface area contributed by atoms with Crippen molar-refractivity contribution in [3.63, 3.8) is 0 Å². The minimum Gasteiger partial charge on any atom is -0.467 e. The summed E-state index contributed by atoms with van der Waals surface area (Å²) in [7, 11) is 0. The molecule has 0 radical (unpaired) electrons. The van der Waals surface area contributed by atoms with E-state index in [-0.39, 0.29) is 12.0 Å². The van der Waals surface area contributed by atoms with Crippen LogP contribution in [-0.4, -0.2) is 22.1 Å². The third-order valence-electron chi connectivity index (χ3n) is 2.52. The molecule has 0 bridgehead atoms. The number of carbonyl (C=O) groups is 1. The lowest BCUT2D eigenvalue weighted by atomic mass is 10.2. The molecule has 5 heteroatoms. The van der Waals surface area contributed by atoms with Crippen LogP contribution < -0.4 is 0 Å². The molecule has 0 saturated carbocycles. The Bertz CT molecular complexity index is 488. The number of hydrogen-bond acceptors (Lipinski definition) is 4. The largest absolute Gasteiger partial charge is 0.467 e. The fourth-order valence-electron chi connectivity index (χ4n) is 1.64. The summed E-state index contributed by atoms with van der Waals surface area (Å²) in [5.41, 5.74) is 0.427. The van der Waals surface area contributed by atoms with Crippen molar-refractivity contribution in [3.05, 3.63) is 42.4 Å². The molecule has 2 heterocycles. The second-order valence-electron chi connectivity index (χ2n) is 3.60. The zero-order chi connectivity index (χ0) is 12.3. The van der Waals surface area contributed by atoms with E-state index in [2.05, 4.69) is 4.98 Å². The summed E-state index contributed by atoms with van der Waals surface area (Å²) in [6.07, 6.45) is 4.70. The van der Waals surface area contributed by atoms with Crippen LogP contribution in [-0.2, 0) is 4.74 Å². The molecule has 0 fully saturated rings. The number of rotatable bonds is 4. The number of imidazole rings is 1. The minimum atomic E-state index is -0.372. The first-order valence-corrected chi connectivity index (χ1v) is 5.46. The molecule has 2 aromatic heterocycles. The Morgan fingerprint density at radius 2 is 2.47 bits per heavy atom. The van der Waals surface area contributed by atoms with E-state index in [0.717, 1.165) is 5.76 Å². The van der Waals surface area contributed by atoms with Gasteiger partial charge in [-0.1, -0.05) is 0 Å². The lowest BCUT2D eigenvalue weighted by molar-refractivity contribution is 0.0512. The molecular formula is C12H14N2O3. The number of aromatic nitrogens is 2. The van der Waals surface area contributed by atoms with Crippen LogP contribution in [0.15, 0.2) is 35.3 Å². The van der Waals surface area contributed by atoms with Gasteiger partial charge in [0.2, 0.25) is 0 Å². The Balaban J connectivity index is 2.27.